The molecule has 1 saturated carbocycles. The molecule has 0 radical (unpaired) electrons. The number of ether oxygens (including phenoxy) is 3. The van der Waals surface area contributed by atoms with Crippen molar-refractivity contribution in [2.45, 2.75) is 45.2 Å². The first-order valence-corrected chi connectivity index (χ1v) is 10.4. The summed E-state index contributed by atoms with van der Waals surface area (Å²) in [6.45, 7) is 2.86. The molecule has 1 amide bonds. The third-order valence-corrected chi connectivity index (χ3v) is 5.48. The van der Waals surface area contributed by atoms with Crippen LogP contribution in [0.1, 0.15) is 38.2 Å². The van der Waals surface area contributed by atoms with Crippen molar-refractivity contribution in [3.63, 3.8) is 0 Å². The van der Waals surface area contributed by atoms with Gasteiger partial charge in [0.2, 0.25) is 11.7 Å². The molecule has 0 aliphatic heterocycles. The van der Waals surface area contributed by atoms with E-state index in [9.17, 15) is 4.79 Å². The molecular weight excluding hydrogens is 511 g/mol. The Labute approximate surface area is 203 Å². The van der Waals surface area contributed by atoms with Gasteiger partial charge in [-0.2, -0.15) is 0 Å². The van der Waals surface area contributed by atoms with Gasteiger partial charge in [0.05, 0.1) is 34.4 Å². The van der Waals surface area contributed by atoms with Crippen molar-refractivity contribution in [3.05, 3.63) is 17.7 Å². The van der Waals surface area contributed by atoms with Crippen LogP contribution >= 0.6 is 24.0 Å². The zero-order chi connectivity index (χ0) is 22.1. The number of nitrogens with zero attached hydrogens (tertiary/aromatic N) is 2. The molecule has 2 atom stereocenters. The van der Waals surface area contributed by atoms with Crippen LogP contribution in [-0.2, 0) is 11.3 Å². The Bertz CT molecular complexity index is 717. The molecule has 0 spiro atoms. The summed E-state index contributed by atoms with van der Waals surface area (Å²) in [6.07, 6.45) is 4.78. The number of likely N-dealkylation sites (N-methyl/N-ethyl adjacent to an activating group) is 1. The van der Waals surface area contributed by atoms with E-state index in [1.807, 2.05) is 12.1 Å². The van der Waals surface area contributed by atoms with Gasteiger partial charge in [-0.3, -0.25) is 4.79 Å². The maximum atomic E-state index is 12.0. The third-order valence-electron chi connectivity index (χ3n) is 5.48. The second kappa shape index (κ2) is 13.5. The van der Waals surface area contributed by atoms with E-state index in [-0.39, 0.29) is 36.4 Å². The van der Waals surface area contributed by atoms with Crippen molar-refractivity contribution in [2.24, 2.45) is 10.9 Å². The van der Waals surface area contributed by atoms with Gasteiger partial charge < -0.3 is 29.7 Å². The van der Waals surface area contributed by atoms with Crippen molar-refractivity contribution in [1.29, 1.82) is 0 Å². The van der Waals surface area contributed by atoms with Crippen LogP contribution in [0.25, 0.3) is 0 Å². The standard InChI is InChI=1S/C22H36N4O4.HI/c1-15-9-7-8-10-17(15)25-22(24-14-20(27)26(2)3)23-13-16-11-18(28-4)21(30-6)19(12-16)29-5;/h11-12,15,17H,7-10,13-14H2,1-6H3,(H2,23,24,25);1H. The van der Waals surface area contributed by atoms with E-state index in [4.69, 9.17) is 19.2 Å². The van der Waals surface area contributed by atoms with Crippen LogP contribution in [0.3, 0.4) is 0 Å². The fraction of sp³-hybridized carbons (Fsp3) is 0.636. The number of methoxy groups -OCH3 is 3. The number of rotatable bonds is 8. The fourth-order valence-electron chi connectivity index (χ4n) is 3.57. The molecule has 0 saturated heterocycles. The molecule has 0 heterocycles. The van der Waals surface area contributed by atoms with Gasteiger partial charge in [0.15, 0.2) is 17.5 Å². The van der Waals surface area contributed by atoms with Gasteiger partial charge in [-0.05, 0) is 36.5 Å². The Hall–Kier alpha value is -1.91. The van der Waals surface area contributed by atoms with E-state index in [1.165, 1.54) is 19.3 Å². The van der Waals surface area contributed by atoms with Crippen LogP contribution in [0.4, 0.5) is 0 Å². The van der Waals surface area contributed by atoms with Crippen molar-refractivity contribution in [1.82, 2.24) is 15.5 Å². The monoisotopic (exact) mass is 548 g/mol. The molecule has 1 aliphatic rings. The SMILES string of the molecule is COc1cc(CN=C(NCC(=O)N(C)C)NC2CCCCC2C)cc(OC)c1OC.I. The highest BCUT2D eigenvalue weighted by atomic mass is 127. The van der Waals surface area contributed by atoms with Crippen molar-refractivity contribution >= 4 is 35.8 Å². The lowest BCUT2D eigenvalue weighted by molar-refractivity contribution is -0.127. The molecule has 2 N–H and O–H groups in total. The Morgan fingerprint density at radius 1 is 1.10 bits per heavy atom. The van der Waals surface area contributed by atoms with Gasteiger partial charge in [0.1, 0.15) is 0 Å². The second-order valence-electron chi connectivity index (χ2n) is 7.85. The highest BCUT2D eigenvalue weighted by Crippen LogP contribution is 2.38. The number of carbonyl (C=O) groups is 1. The van der Waals surface area contributed by atoms with Gasteiger partial charge in [-0.1, -0.05) is 19.8 Å². The molecule has 176 valence electrons. The van der Waals surface area contributed by atoms with Crippen molar-refractivity contribution < 1.29 is 19.0 Å². The zero-order valence-corrected chi connectivity index (χ0v) is 21.8. The highest BCUT2D eigenvalue weighted by molar-refractivity contribution is 14.0. The van der Waals surface area contributed by atoms with Crippen LogP contribution in [0.2, 0.25) is 0 Å². The number of carbonyl (C=O) groups excluding carboxylic acids is 1. The molecule has 2 rings (SSSR count). The third kappa shape index (κ3) is 7.93. The maximum Gasteiger partial charge on any atom is 0.241 e. The summed E-state index contributed by atoms with van der Waals surface area (Å²) < 4.78 is 16.3. The lowest BCUT2D eigenvalue weighted by Gasteiger charge is -2.31. The van der Waals surface area contributed by atoms with Crippen LogP contribution in [-0.4, -0.2) is 64.8 Å². The smallest absolute Gasteiger partial charge is 0.241 e. The first-order valence-electron chi connectivity index (χ1n) is 10.4. The number of amides is 1. The first-order chi connectivity index (χ1) is 14.4. The summed E-state index contributed by atoms with van der Waals surface area (Å²) in [6, 6.07) is 4.12. The summed E-state index contributed by atoms with van der Waals surface area (Å²) >= 11 is 0. The number of halogens is 1. The molecule has 1 aromatic rings. The van der Waals surface area contributed by atoms with E-state index >= 15 is 0 Å². The quantitative estimate of drug-likeness (QED) is 0.295. The Balaban J connectivity index is 0.00000480. The molecule has 9 heteroatoms. The minimum Gasteiger partial charge on any atom is -0.493 e. The summed E-state index contributed by atoms with van der Waals surface area (Å²) in [5.41, 5.74) is 0.918. The summed E-state index contributed by atoms with van der Waals surface area (Å²) in [5.74, 6) is 2.93. The summed E-state index contributed by atoms with van der Waals surface area (Å²) in [5, 5.41) is 6.71. The van der Waals surface area contributed by atoms with Crippen LogP contribution < -0.4 is 24.8 Å². The number of hydrogen-bond acceptors (Lipinski definition) is 5. The lowest BCUT2D eigenvalue weighted by atomic mass is 9.86. The van der Waals surface area contributed by atoms with Gasteiger partial charge in [-0.15, -0.1) is 24.0 Å². The molecule has 1 fully saturated rings. The predicted molar refractivity (Wildman–Crippen MR) is 134 cm³/mol. The van der Waals surface area contributed by atoms with Crippen molar-refractivity contribution in [2.75, 3.05) is 42.0 Å². The Kier molecular flexibility index (Phi) is 11.8. The molecule has 1 aliphatic carbocycles. The topological polar surface area (TPSA) is 84.4 Å². The predicted octanol–water partition coefficient (Wildman–Crippen LogP) is 3.03. The fourth-order valence-corrected chi connectivity index (χ4v) is 3.57. The van der Waals surface area contributed by atoms with Crippen LogP contribution in [0.5, 0.6) is 17.2 Å². The molecule has 0 aromatic heterocycles. The van der Waals surface area contributed by atoms with Crippen LogP contribution in [0, 0.1) is 5.92 Å². The normalized spacial score (nSPS) is 18.5. The maximum absolute atomic E-state index is 12.0. The van der Waals surface area contributed by atoms with E-state index in [1.54, 1.807) is 40.3 Å². The zero-order valence-electron chi connectivity index (χ0n) is 19.5. The van der Waals surface area contributed by atoms with Gasteiger partial charge in [0, 0.05) is 20.1 Å². The minimum absolute atomic E-state index is 0. The van der Waals surface area contributed by atoms with Crippen LogP contribution in [0.15, 0.2) is 17.1 Å². The molecule has 31 heavy (non-hydrogen) atoms. The number of hydrogen-bond donors (Lipinski definition) is 2. The number of aliphatic imine (C=N–C) groups is 1. The summed E-state index contributed by atoms with van der Waals surface area (Å²) in [4.78, 5) is 18.3. The molecule has 8 nitrogen and oxygen atoms in total. The Morgan fingerprint density at radius 3 is 2.23 bits per heavy atom. The van der Waals surface area contributed by atoms with Gasteiger partial charge >= 0.3 is 0 Å². The largest absolute Gasteiger partial charge is 0.493 e. The lowest BCUT2D eigenvalue weighted by Crippen LogP contribution is -2.49. The molecule has 0 bridgehead atoms. The minimum atomic E-state index is -0.00558. The average molecular weight is 548 g/mol. The van der Waals surface area contributed by atoms with Crippen molar-refractivity contribution in [3.8, 4) is 17.2 Å². The average Bonchev–Trinajstić information content (AvgIpc) is 2.75. The van der Waals surface area contributed by atoms with E-state index < -0.39 is 0 Å². The van der Waals surface area contributed by atoms with Gasteiger partial charge in [-0.25, -0.2) is 4.99 Å². The molecular formula is C22H37IN4O4. The van der Waals surface area contributed by atoms with Gasteiger partial charge in [0.25, 0.3) is 0 Å². The second-order valence-corrected chi connectivity index (χ2v) is 7.85. The van der Waals surface area contributed by atoms with E-state index in [2.05, 4.69) is 17.6 Å². The number of guanidine groups is 1. The number of nitrogens with one attached hydrogen (secondary N) is 2. The molecule has 1 aromatic carbocycles. The Morgan fingerprint density at radius 2 is 1.71 bits per heavy atom. The molecule has 2 unspecified atom stereocenters. The summed E-state index contributed by atoms with van der Waals surface area (Å²) in [7, 11) is 8.25. The number of benzene rings is 1. The van der Waals surface area contributed by atoms with E-state index in [0.29, 0.717) is 41.7 Å². The first kappa shape index (κ1) is 27.1. The highest BCUT2D eigenvalue weighted by Gasteiger charge is 2.22. The van der Waals surface area contributed by atoms with E-state index in [0.717, 1.165) is 12.0 Å².